The van der Waals surface area contributed by atoms with E-state index < -0.39 is 0 Å². The molecule has 0 fully saturated rings. The number of benzene rings is 1. The van der Waals surface area contributed by atoms with Crippen LogP contribution in [0.3, 0.4) is 0 Å². The van der Waals surface area contributed by atoms with Gasteiger partial charge in [0.15, 0.2) is 0 Å². The highest BCUT2D eigenvalue weighted by Gasteiger charge is 2.19. The molecule has 1 aliphatic rings. The molecule has 0 atom stereocenters. The van der Waals surface area contributed by atoms with Crippen LogP contribution in [0.15, 0.2) is 28.8 Å². The molecule has 0 bridgehead atoms. The lowest BCUT2D eigenvalue weighted by molar-refractivity contribution is 0.434. The minimum Gasteiger partial charge on any atom is -0.354 e. The fourth-order valence-corrected chi connectivity index (χ4v) is 2.36. The van der Waals surface area contributed by atoms with Crippen LogP contribution in [0, 0.1) is 0 Å². The number of anilines is 1. The van der Waals surface area contributed by atoms with E-state index in [-0.39, 0.29) is 0 Å². The van der Waals surface area contributed by atoms with Gasteiger partial charge in [-0.15, -0.1) is 0 Å². The lowest BCUT2D eigenvalue weighted by Crippen LogP contribution is -1.97. The number of halogens is 1. The Bertz CT molecular complexity index is 536. The number of rotatable bonds is 1. The van der Waals surface area contributed by atoms with Crippen LogP contribution in [0.4, 0.5) is 5.88 Å². The zero-order chi connectivity index (χ0) is 11.7. The second-order valence-corrected chi connectivity index (χ2v) is 4.67. The van der Waals surface area contributed by atoms with Crippen molar-refractivity contribution in [3.05, 3.63) is 34.9 Å². The van der Waals surface area contributed by atoms with Crippen LogP contribution in [-0.2, 0) is 6.42 Å². The number of hydrogen-bond donors (Lipinski definition) is 1. The summed E-state index contributed by atoms with van der Waals surface area (Å²) in [5.41, 5.74) is 3.10. The van der Waals surface area contributed by atoms with E-state index in [2.05, 4.69) is 10.5 Å². The van der Waals surface area contributed by atoms with Crippen molar-refractivity contribution in [3.63, 3.8) is 0 Å². The first-order chi connectivity index (χ1) is 8.34. The van der Waals surface area contributed by atoms with Gasteiger partial charge in [0.25, 0.3) is 0 Å². The molecule has 0 saturated heterocycles. The van der Waals surface area contributed by atoms with Crippen LogP contribution in [0.2, 0.25) is 5.02 Å². The van der Waals surface area contributed by atoms with Gasteiger partial charge in [-0.3, -0.25) is 0 Å². The summed E-state index contributed by atoms with van der Waals surface area (Å²) >= 11 is 6.00. The molecular weight excluding hydrogens is 236 g/mol. The van der Waals surface area contributed by atoms with Crippen LogP contribution < -0.4 is 5.32 Å². The van der Waals surface area contributed by atoms with Crippen molar-refractivity contribution in [3.8, 4) is 11.3 Å². The Morgan fingerprint density at radius 2 is 2.24 bits per heavy atom. The maximum absolute atomic E-state index is 6.00. The third kappa shape index (κ3) is 2.03. The van der Waals surface area contributed by atoms with Gasteiger partial charge in [0, 0.05) is 22.7 Å². The molecule has 1 N–H and O–H groups in total. The maximum Gasteiger partial charge on any atom is 0.228 e. The second kappa shape index (κ2) is 4.41. The zero-order valence-corrected chi connectivity index (χ0v) is 10.1. The summed E-state index contributed by atoms with van der Waals surface area (Å²) in [6, 6.07) is 7.73. The molecule has 0 aliphatic carbocycles. The van der Waals surface area contributed by atoms with Crippen molar-refractivity contribution < 1.29 is 4.52 Å². The molecule has 2 aromatic rings. The smallest absolute Gasteiger partial charge is 0.228 e. The van der Waals surface area contributed by atoms with E-state index >= 15 is 0 Å². The fourth-order valence-electron chi connectivity index (χ4n) is 2.17. The van der Waals surface area contributed by atoms with Gasteiger partial charge in [0.2, 0.25) is 5.88 Å². The molecule has 88 valence electrons. The quantitative estimate of drug-likeness (QED) is 0.835. The molecule has 1 aliphatic heterocycles. The normalized spacial score (nSPS) is 14.9. The maximum atomic E-state index is 6.00. The highest BCUT2D eigenvalue weighted by Crippen LogP contribution is 2.32. The summed E-state index contributed by atoms with van der Waals surface area (Å²) in [7, 11) is 0. The third-order valence-electron chi connectivity index (χ3n) is 3.03. The first kappa shape index (κ1) is 10.7. The molecule has 17 heavy (non-hydrogen) atoms. The largest absolute Gasteiger partial charge is 0.354 e. The van der Waals surface area contributed by atoms with Crippen molar-refractivity contribution in [2.24, 2.45) is 0 Å². The first-order valence-electron chi connectivity index (χ1n) is 5.83. The van der Waals surface area contributed by atoms with Crippen molar-refractivity contribution in [2.75, 3.05) is 11.9 Å². The van der Waals surface area contributed by atoms with Gasteiger partial charge in [-0.1, -0.05) is 28.9 Å². The molecule has 0 spiro atoms. The Kier molecular flexibility index (Phi) is 2.77. The van der Waals surface area contributed by atoms with Gasteiger partial charge < -0.3 is 9.84 Å². The SMILES string of the molecule is Clc1cccc(-c2noc3c2CCCCN3)c1. The third-order valence-corrected chi connectivity index (χ3v) is 3.26. The standard InChI is InChI=1S/C13H13ClN2O/c14-10-5-3-4-9(8-10)12-11-6-1-2-7-15-13(11)17-16-12/h3-5,8,15H,1-2,6-7H2. The molecule has 0 unspecified atom stereocenters. The second-order valence-electron chi connectivity index (χ2n) is 4.23. The van der Waals surface area contributed by atoms with Gasteiger partial charge in [-0.2, -0.15) is 0 Å². The average molecular weight is 249 g/mol. The zero-order valence-electron chi connectivity index (χ0n) is 9.37. The fraction of sp³-hybridized carbons (Fsp3) is 0.308. The summed E-state index contributed by atoms with van der Waals surface area (Å²) in [6.07, 6.45) is 3.33. The monoisotopic (exact) mass is 248 g/mol. The summed E-state index contributed by atoms with van der Waals surface area (Å²) in [6.45, 7) is 0.956. The van der Waals surface area contributed by atoms with Crippen molar-refractivity contribution >= 4 is 17.5 Å². The first-order valence-corrected chi connectivity index (χ1v) is 6.21. The lowest BCUT2D eigenvalue weighted by atomic mass is 10.0. The number of aromatic nitrogens is 1. The molecule has 0 amide bonds. The van der Waals surface area contributed by atoms with Gasteiger partial charge in [-0.25, -0.2) is 0 Å². The number of nitrogens with one attached hydrogen (secondary N) is 1. The Hall–Kier alpha value is -1.48. The Morgan fingerprint density at radius 1 is 1.29 bits per heavy atom. The summed E-state index contributed by atoms with van der Waals surface area (Å²) in [5.74, 6) is 0.817. The predicted octanol–water partition coefficient (Wildman–Crippen LogP) is 3.74. The van der Waals surface area contributed by atoms with Crippen LogP contribution in [0.5, 0.6) is 0 Å². The lowest BCUT2D eigenvalue weighted by Gasteiger charge is -2.00. The molecule has 2 heterocycles. The van der Waals surface area contributed by atoms with E-state index in [9.17, 15) is 0 Å². The molecule has 4 heteroatoms. The van der Waals surface area contributed by atoms with Crippen LogP contribution in [-0.4, -0.2) is 11.7 Å². The van der Waals surface area contributed by atoms with Crippen LogP contribution >= 0.6 is 11.6 Å². The number of nitrogens with zero attached hydrogens (tertiary/aromatic N) is 1. The van der Waals surface area contributed by atoms with Crippen molar-refractivity contribution in [1.82, 2.24) is 5.16 Å². The van der Waals surface area contributed by atoms with E-state index in [0.29, 0.717) is 0 Å². The van der Waals surface area contributed by atoms with E-state index in [1.807, 2.05) is 24.3 Å². The Morgan fingerprint density at radius 3 is 3.12 bits per heavy atom. The van der Waals surface area contributed by atoms with E-state index in [0.717, 1.165) is 41.6 Å². The number of fused-ring (bicyclic) bond motifs is 1. The Labute approximate surface area is 105 Å². The molecule has 0 radical (unpaired) electrons. The van der Waals surface area contributed by atoms with Crippen LogP contribution in [0.1, 0.15) is 18.4 Å². The van der Waals surface area contributed by atoms with Gasteiger partial charge in [-0.05, 0) is 31.4 Å². The van der Waals surface area contributed by atoms with Gasteiger partial charge in [0.1, 0.15) is 5.69 Å². The molecular formula is C13H13ClN2O. The van der Waals surface area contributed by atoms with E-state index in [1.54, 1.807) is 0 Å². The molecule has 1 aromatic heterocycles. The van der Waals surface area contributed by atoms with E-state index in [1.165, 1.54) is 12.0 Å². The average Bonchev–Trinajstić information content (AvgIpc) is 2.59. The van der Waals surface area contributed by atoms with E-state index in [4.69, 9.17) is 16.1 Å². The minimum absolute atomic E-state index is 0.723. The van der Waals surface area contributed by atoms with Crippen molar-refractivity contribution in [1.29, 1.82) is 0 Å². The Balaban J connectivity index is 2.06. The van der Waals surface area contributed by atoms with Crippen LogP contribution in [0.25, 0.3) is 11.3 Å². The predicted molar refractivity (Wildman–Crippen MR) is 68.4 cm³/mol. The summed E-state index contributed by atoms with van der Waals surface area (Å²) in [5, 5.41) is 8.15. The molecule has 1 aromatic carbocycles. The number of hydrogen-bond acceptors (Lipinski definition) is 3. The highest BCUT2D eigenvalue weighted by atomic mass is 35.5. The summed E-state index contributed by atoms with van der Waals surface area (Å²) < 4.78 is 5.36. The molecule has 0 saturated carbocycles. The van der Waals surface area contributed by atoms with Gasteiger partial charge in [0.05, 0.1) is 0 Å². The molecule has 3 rings (SSSR count). The summed E-state index contributed by atoms with van der Waals surface area (Å²) in [4.78, 5) is 0. The van der Waals surface area contributed by atoms with Crippen molar-refractivity contribution in [2.45, 2.75) is 19.3 Å². The highest BCUT2D eigenvalue weighted by molar-refractivity contribution is 6.30. The topological polar surface area (TPSA) is 38.1 Å². The van der Waals surface area contributed by atoms with Gasteiger partial charge >= 0.3 is 0 Å². The minimum atomic E-state index is 0.723. The molecule has 3 nitrogen and oxygen atoms in total.